The fourth-order valence-electron chi connectivity index (χ4n) is 5.09. The third-order valence-electron chi connectivity index (χ3n) is 6.45. The Balaban J connectivity index is 1.53. The van der Waals surface area contributed by atoms with Crippen LogP contribution in [0.2, 0.25) is 0 Å². The lowest BCUT2D eigenvalue weighted by molar-refractivity contribution is -0.114. The van der Waals surface area contributed by atoms with Crippen molar-refractivity contribution in [2.24, 2.45) is 5.92 Å². The number of fused-ring (bicyclic) bond motifs is 4. The van der Waals surface area contributed by atoms with Crippen LogP contribution >= 0.6 is 0 Å². The van der Waals surface area contributed by atoms with Crippen LogP contribution in [-0.4, -0.2) is 36.3 Å². The first-order valence-electron chi connectivity index (χ1n) is 11.0. The van der Waals surface area contributed by atoms with E-state index >= 15 is 0 Å². The first kappa shape index (κ1) is 21.6. The van der Waals surface area contributed by atoms with Crippen LogP contribution in [0.3, 0.4) is 0 Å². The van der Waals surface area contributed by atoms with Gasteiger partial charge in [-0.25, -0.2) is 8.42 Å². The van der Waals surface area contributed by atoms with Crippen LogP contribution in [-0.2, 0) is 21.4 Å². The minimum Gasteiger partial charge on any atom is -0.326 e. The number of nitrogens with one attached hydrogen (secondary N) is 1. The van der Waals surface area contributed by atoms with E-state index in [2.05, 4.69) is 5.32 Å². The Morgan fingerprint density at radius 3 is 2.36 bits per heavy atom. The number of hydrogen-bond donors (Lipinski definition) is 1. The highest BCUT2D eigenvalue weighted by Gasteiger charge is 2.40. The minimum atomic E-state index is -3.61. The number of benzene rings is 2. The SMILES string of the molecule is CC(=O)Nc1ccc(-c2ccc(=O)n3c2[C@@H]2C[C@@H](CN(S(=O)(=O)c4ccccc4)C2)C3)cc1. The molecule has 0 spiro atoms. The van der Waals surface area contributed by atoms with Gasteiger partial charge in [-0.1, -0.05) is 30.3 Å². The normalized spacial score (nSPS) is 20.2. The Hall–Kier alpha value is -3.23. The maximum absolute atomic E-state index is 13.3. The topological polar surface area (TPSA) is 88.5 Å². The van der Waals surface area contributed by atoms with E-state index in [9.17, 15) is 18.0 Å². The molecule has 7 nitrogen and oxygen atoms in total. The summed E-state index contributed by atoms with van der Waals surface area (Å²) in [6, 6.07) is 19.4. The molecule has 2 aliphatic rings. The molecule has 8 heteroatoms. The number of pyridine rings is 1. The van der Waals surface area contributed by atoms with Gasteiger partial charge in [0.1, 0.15) is 0 Å². The van der Waals surface area contributed by atoms with E-state index in [1.54, 1.807) is 40.7 Å². The predicted octanol–water partition coefficient (Wildman–Crippen LogP) is 3.28. The monoisotopic (exact) mass is 463 g/mol. The van der Waals surface area contributed by atoms with Gasteiger partial charge >= 0.3 is 0 Å². The maximum atomic E-state index is 13.3. The lowest BCUT2D eigenvalue weighted by Crippen LogP contribution is -2.49. The zero-order valence-corrected chi connectivity index (χ0v) is 19.1. The van der Waals surface area contributed by atoms with E-state index in [1.807, 2.05) is 34.9 Å². The van der Waals surface area contributed by atoms with E-state index in [0.29, 0.717) is 30.2 Å². The molecule has 1 amide bonds. The van der Waals surface area contributed by atoms with E-state index < -0.39 is 10.0 Å². The lowest BCUT2D eigenvalue weighted by Gasteiger charge is -2.42. The molecule has 2 bridgehead atoms. The van der Waals surface area contributed by atoms with E-state index in [-0.39, 0.29) is 23.3 Å². The molecular weight excluding hydrogens is 438 g/mol. The van der Waals surface area contributed by atoms with Crippen molar-refractivity contribution in [2.75, 3.05) is 18.4 Å². The number of piperidine rings is 1. The first-order valence-corrected chi connectivity index (χ1v) is 12.4. The molecule has 0 aliphatic carbocycles. The highest BCUT2D eigenvalue weighted by Crippen LogP contribution is 2.41. The van der Waals surface area contributed by atoms with Crippen molar-refractivity contribution in [2.45, 2.75) is 30.7 Å². The van der Waals surface area contributed by atoms with E-state index in [0.717, 1.165) is 23.2 Å². The Morgan fingerprint density at radius 1 is 0.939 bits per heavy atom. The van der Waals surface area contributed by atoms with Gasteiger partial charge < -0.3 is 9.88 Å². The van der Waals surface area contributed by atoms with E-state index in [4.69, 9.17) is 0 Å². The second kappa shape index (κ2) is 8.28. The number of aromatic nitrogens is 1. The smallest absolute Gasteiger partial charge is 0.250 e. The molecule has 33 heavy (non-hydrogen) atoms. The van der Waals surface area contributed by atoms with Gasteiger partial charge in [0, 0.05) is 55.5 Å². The van der Waals surface area contributed by atoms with Crippen molar-refractivity contribution in [1.29, 1.82) is 0 Å². The van der Waals surface area contributed by atoms with Crippen LogP contribution < -0.4 is 10.9 Å². The fourth-order valence-corrected chi connectivity index (χ4v) is 6.67. The van der Waals surface area contributed by atoms with Gasteiger partial charge in [0.05, 0.1) is 4.90 Å². The van der Waals surface area contributed by atoms with Gasteiger partial charge in [0.15, 0.2) is 0 Å². The molecule has 2 atom stereocenters. The zero-order chi connectivity index (χ0) is 23.2. The van der Waals surface area contributed by atoms with Crippen molar-refractivity contribution in [3.8, 4) is 11.1 Å². The quantitative estimate of drug-likeness (QED) is 0.643. The summed E-state index contributed by atoms with van der Waals surface area (Å²) in [6.45, 7) is 2.72. The van der Waals surface area contributed by atoms with Crippen molar-refractivity contribution >= 4 is 21.6 Å². The molecule has 1 N–H and O–H groups in total. The molecule has 1 fully saturated rings. The molecule has 1 saturated heterocycles. The van der Waals surface area contributed by atoms with E-state index in [1.165, 1.54) is 6.92 Å². The summed E-state index contributed by atoms with van der Waals surface area (Å²) in [7, 11) is -3.61. The Morgan fingerprint density at radius 2 is 1.67 bits per heavy atom. The molecule has 1 aromatic heterocycles. The summed E-state index contributed by atoms with van der Waals surface area (Å²) in [5.41, 5.74) is 3.38. The molecule has 170 valence electrons. The number of carbonyl (C=O) groups excluding carboxylic acids is 1. The molecule has 3 aromatic rings. The van der Waals surface area contributed by atoms with Crippen molar-refractivity contribution < 1.29 is 13.2 Å². The number of carbonyl (C=O) groups is 1. The molecule has 0 saturated carbocycles. The van der Waals surface area contributed by atoms with Crippen LogP contribution in [0.5, 0.6) is 0 Å². The van der Waals surface area contributed by atoms with Crippen LogP contribution in [0.15, 0.2) is 76.4 Å². The van der Waals surface area contributed by atoms with Crippen LogP contribution in [0, 0.1) is 5.92 Å². The molecule has 5 rings (SSSR count). The number of amides is 1. The van der Waals surface area contributed by atoms with Crippen LogP contribution in [0.25, 0.3) is 11.1 Å². The van der Waals surface area contributed by atoms with Crippen LogP contribution in [0.4, 0.5) is 5.69 Å². The molecular formula is C25H25N3O4S. The minimum absolute atomic E-state index is 0.0577. The number of anilines is 1. The molecule has 0 radical (unpaired) electrons. The number of hydrogen-bond acceptors (Lipinski definition) is 4. The van der Waals surface area contributed by atoms with Crippen LogP contribution in [0.1, 0.15) is 25.0 Å². The predicted molar refractivity (Wildman–Crippen MR) is 126 cm³/mol. The second-order valence-corrected chi connectivity index (χ2v) is 10.7. The molecule has 2 aliphatic heterocycles. The summed E-state index contributed by atoms with van der Waals surface area (Å²) in [5, 5.41) is 2.76. The summed E-state index contributed by atoms with van der Waals surface area (Å²) >= 11 is 0. The summed E-state index contributed by atoms with van der Waals surface area (Å²) in [6.07, 6.45) is 0.848. The van der Waals surface area contributed by atoms with Gasteiger partial charge in [-0.3, -0.25) is 9.59 Å². The highest BCUT2D eigenvalue weighted by molar-refractivity contribution is 7.89. The van der Waals surface area contributed by atoms with Gasteiger partial charge in [-0.05, 0) is 48.2 Å². The fraction of sp³-hybridized carbons (Fsp3) is 0.280. The largest absolute Gasteiger partial charge is 0.326 e. The Labute approximate surface area is 192 Å². The third-order valence-corrected chi connectivity index (χ3v) is 8.30. The first-order chi connectivity index (χ1) is 15.8. The summed E-state index contributed by atoms with van der Waals surface area (Å²) < 4.78 is 30.0. The standard InChI is InChI=1S/C25H25N3O4S/c1-17(29)26-21-9-7-19(8-10-21)23-11-12-24(30)28-15-18-13-20(25(23)28)16-27(14-18)33(31,32)22-5-3-2-4-6-22/h2-12,18,20H,13-16H2,1H3,(H,26,29)/t18-,20+/m0/s1. The lowest BCUT2D eigenvalue weighted by atomic mass is 9.81. The van der Waals surface area contributed by atoms with Gasteiger partial charge in [-0.2, -0.15) is 4.31 Å². The summed E-state index contributed by atoms with van der Waals surface area (Å²) in [4.78, 5) is 24.4. The molecule has 3 heterocycles. The zero-order valence-electron chi connectivity index (χ0n) is 18.3. The third kappa shape index (κ3) is 4.00. The van der Waals surface area contributed by atoms with Crippen molar-refractivity contribution in [1.82, 2.24) is 8.87 Å². The average Bonchev–Trinajstić information content (AvgIpc) is 2.80. The number of rotatable bonds is 4. The Kier molecular flexibility index (Phi) is 5.42. The average molecular weight is 464 g/mol. The van der Waals surface area contributed by atoms with Gasteiger partial charge in [0.2, 0.25) is 15.9 Å². The van der Waals surface area contributed by atoms with Crippen molar-refractivity contribution in [3.05, 3.63) is 82.8 Å². The Bertz CT molecular complexity index is 1370. The van der Waals surface area contributed by atoms with Gasteiger partial charge in [-0.15, -0.1) is 0 Å². The molecule has 2 aromatic carbocycles. The van der Waals surface area contributed by atoms with Gasteiger partial charge in [0.25, 0.3) is 5.56 Å². The highest BCUT2D eigenvalue weighted by atomic mass is 32.2. The number of sulfonamides is 1. The maximum Gasteiger partial charge on any atom is 0.250 e. The summed E-state index contributed by atoms with van der Waals surface area (Å²) in [5.74, 6) is -0.126. The second-order valence-electron chi connectivity index (χ2n) is 8.77. The van der Waals surface area contributed by atoms with Crippen molar-refractivity contribution in [3.63, 3.8) is 0 Å². The number of nitrogens with zero attached hydrogens (tertiary/aromatic N) is 2. The molecule has 0 unspecified atom stereocenters.